The molecule has 0 aromatic carbocycles. The van der Waals surface area contributed by atoms with Gasteiger partial charge in [0.05, 0.1) is 0 Å². The average molecular weight is 563 g/mol. The zero-order valence-electron chi connectivity index (χ0n) is 26.7. The molecule has 0 aliphatic rings. The fourth-order valence-electron chi connectivity index (χ4n) is 4.68. The van der Waals surface area contributed by atoms with Crippen molar-refractivity contribution < 1.29 is 19.8 Å². The lowest BCUT2D eigenvalue weighted by Crippen LogP contribution is -2.21. The second kappa shape index (κ2) is 37.4. The molecule has 0 heterocycles. The maximum atomic E-state index is 10.2. The zero-order chi connectivity index (χ0) is 29.8. The quantitative estimate of drug-likeness (QED) is 0.0645. The summed E-state index contributed by atoms with van der Waals surface area (Å²) in [5, 5.41) is 20.4. The van der Waals surface area contributed by atoms with E-state index in [2.05, 4.69) is 38.2 Å². The van der Waals surface area contributed by atoms with Gasteiger partial charge in [0, 0.05) is 11.9 Å². The first kappa shape index (κ1) is 40.6. The molecule has 0 N–H and O–H groups in total. The summed E-state index contributed by atoms with van der Waals surface area (Å²) >= 11 is 0. The molecule has 0 rings (SSSR count). The first-order valence-electron chi connectivity index (χ1n) is 17.2. The van der Waals surface area contributed by atoms with Crippen LogP contribution in [-0.4, -0.2) is 11.9 Å². The van der Waals surface area contributed by atoms with E-state index in [1.165, 1.54) is 128 Å². The van der Waals surface area contributed by atoms with Gasteiger partial charge in [-0.05, 0) is 77.0 Å². The van der Waals surface area contributed by atoms with Gasteiger partial charge in [0.15, 0.2) is 0 Å². The highest BCUT2D eigenvalue weighted by atomic mass is 16.4. The SMILES string of the molecule is CCCCCCCC/C=C/CCCCCCCC(=O)[O-].CCCCCCCC/C=C/CCCCCCCC(=O)[O-]. The maximum Gasteiger partial charge on any atom is 0.0414 e. The highest BCUT2D eigenvalue weighted by molar-refractivity contribution is 5.64. The average Bonchev–Trinajstić information content (AvgIpc) is 2.93. The van der Waals surface area contributed by atoms with E-state index in [1.807, 2.05) is 0 Å². The molecule has 0 aromatic rings. The summed E-state index contributed by atoms with van der Waals surface area (Å²) in [6.07, 6.45) is 41.8. The van der Waals surface area contributed by atoms with E-state index in [4.69, 9.17) is 0 Å². The summed E-state index contributed by atoms with van der Waals surface area (Å²) in [5.41, 5.74) is 0. The molecular weight excluding hydrogens is 496 g/mol. The second-order valence-electron chi connectivity index (χ2n) is 11.4. The molecule has 0 aromatic heterocycles. The van der Waals surface area contributed by atoms with Gasteiger partial charge in [0.2, 0.25) is 0 Å². The van der Waals surface area contributed by atoms with Crippen LogP contribution in [0.3, 0.4) is 0 Å². The van der Waals surface area contributed by atoms with E-state index >= 15 is 0 Å². The van der Waals surface area contributed by atoms with Gasteiger partial charge in [-0.1, -0.05) is 141 Å². The van der Waals surface area contributed by atoms with Crippen molar-refractivity contribution >= 4 is 11.9 Å². The van der Waals surface area contributed by atoms with Gasteiger partial charge in [-0.25, -0.2) is 0 Å². The number of allylic oxidation sites excluding steroid dienone is 4. The van der Waals surface area contributed by atoms with Gasteiger partial charge in [0.1, 0.15) is 0 Å². The number of aliphatic carboxylic acids is 2. The Labute approximate surface area is 249 Å². The molecule has 0 aliphatic heterocycles. The Morgan fingerprint density at radius 2 is 0.600 bits per heavy atom. The van der Waals surface area contributed by atoms with Crippen molar-refractivity contribution in [2.45, 2.75) is 194 Å². The summed E-state index contributed by atoms with van der Waals surface area (Å²) < 4.78 is 0. The molecule has 0 amide bonds. The van der Waals surface area contributed by atoms with Crippen molar-refractivity contribution in [2.75, 3.05) is 0 Å². The summed E-state index contributed by atoms with van der Waals surface area (Å²) in [5.74, 6) is -1.83. The normalized spacial score (nSPS) is 11.2. The molecule has 0 bridgehead atoms. The number of unbranched alkanes of at least 4 members (excludes halogenated alkanes) is 22. The maximum absolute atomic E-state index is 10.2. The number of hydrogen-bond acceptors (Lipinski definition) is 4. The largest absolute Gasteiger partial charge is 0.550 e. The number of carboxylic acids is 2. The Morgan fingerprint density at radius 1 is 0.375 bits per heavy atom. The van der Waals surface area contributed by atoms with Crippen LogP contribution >= 0.6 is 0 Å². The summed E-state index contributed by atoms with van der Waals surface area (Å²) in [6, 6.07) is 0. The summed E-state index contributed by atoms with van der Waals surface area (Å²) in [7, 11) is 0. The molecule has 0 spiro atoms. The molecule has 0 saturated carbocycles. The van der Waals surface area contributed by atoms with Crippen molar-refractivity contribution in [3.05, 3.63) is 24.3 Å². The van der Waals surface area contributed by atoms with Crippen LogP contribution < -0.4 is 10.2 Å². The van der Waals surface area contributed by atoms with Crippen LogP contribution in [0.4, 0.5) is 0 Å². The Hall–Kier alpha value is -1.58. The lowest BCUT2D eigenvalue weighted by atomic mass is 10.1. The molecule has 0 radical (unpaired) electrons. The van der Waals surface area contributed by atoms with E-state index in [1.54, 1.807) is 0 Å². The highest BCUT2D eigenvalue weighted by Crippen LogP contribution is 2.11. The third kappa shape index (κ3) is 43.5. The third-order valence-electron chi connectivity index (χ3n) is 7.29. The van der Waals surface area contributed by atoms with Gasteiger partial charge in [0.25, 0.3) is 0 Å². The van der Waals surface area contributed by atoms with E-state index in [-0.39, 0.29) is 12.8 Å². The Morgan fingerprint density at radius 3 is 0.850 bits per heavy atom. The molecule has 0 fully saturated rings. The Balaban J connectivity index is 0. The second-order valence-corrected chi connectivity index (χ2v) is 11.4. The first-order valence-corrected chi connectivity index (χ1v) is 17.2. The van der Waals surface area contributed by atoms with Crippen LogP contribution in [0.5, 0.6) is 0 Å². The number of carbonyl (C=O) groups excluding carboxylic acids is 2. The molecule has 0 saturated heterocycles. The Bertz CT molecular complexity index is 517. The van der Waals surface area contributed by atoms with E-state index < -0.39 is 11.9 Å². The third-order valence-corrected chi connectivity index (χ3v) is 7.29. The van der Waals surface area contributed by atoms with Crippen LogP contribution in [0, 0.1) is 0 Å². The summed E-state index contributed by atoms with van der Waals surface area (Å²) in [4.78, 5) is 20.4. The minimum atomic E-state index is -0.914. The van der Waals surface area contributed by atoms with Gasteiger partial charge < -0.3 is 19.8 Å². The number of rotatable bonds is 30. The number of hydrogen-bond donors (Lipinski definition) is 0. The van der Waals surface area contributed by atoms with Crippen molar-refractivity contribution in [2.24, 2.45) is 0 Å². The van der Waals surface area contributed by atoms with Crippen LogP contribution in [0.15, 0.2) is 24.3 Å². The minimum Gasteiger partial charge on any atom is -0.550 e. The van der Waals surface area contributed by atoms with Crippen LogP contribution in [0.25, 0.3) is 0 Å². The predicted octanol–water partition coefficient (Wildman–Crippen LogP) is 9.55. The van der Waals surface area contributed by atoms with Gasteiger partial charge >= 0.3 is 0 Å². The molecule has 4 heteroatoms. The first-order chi connectivity index (χ1) is 19.5. The zero-order valence-corrected chi connectivity index (χ0v) is 26.7. The predicted molar refractivity (Wildman–Crippen MR) is 169 cm³/mol. The molecular formula is C36H66O4-2. The standard InChI is InChI=1S/2C18H34O2/c2*1-2-3-4-5-6-7-8-9-10-11-12-13-14-15-16-17-18(19)20/h2*9-10H,2-8,11-17H2,1H3,(H,19,20)/p-2/b2*10-9+. The fraction of sp³-hybridized carbons (Fsp3) is 0.833. The summed E-state index contributed by atoms with van der Waals surface area (Å²) in [6.45, 7) is 4.51. The topological polar surface area (TPSA) is 80.3 Å². The van der Waals surface area contributed by atoms with Crippen molar-refractivity contribution in [3.8, 4) is 0 Å². The molecule has 0 unspecified atom stereocenters. The van der Waals surface area contributed by atoms with Crippen LogP contribution in [0.1, 0.15) is 194 Å². The van der Waals surface area contributed by atoms with E-state index in [9.17, 15) is 19.8 Å². The van der Waals surface area contributed by atoms with Gasteiger partial charge in [-0.3, -0.25) is 0 Å². The minimum absolute atomic E-state index is 0.220. The van der Waals surface area contributed by atoms with Crippen LogP contribution in [0.2, 0.25) is 0 Å². The lowest BCUT2D eigenvalue weighted by molar-refractivity contribution is -0.307. The monoisotopic (exact) mass is 562 g/mol. The van der Waals surface area contributed by atoms with E-state index in [0.717, 1.165) is 38.5 Å². The molecule has 4 nitrogen and oxygen atoms in total. The molecule has 40 heavy (non-hydrogen) atoms. The smallest absolute Gasteiger partial charge is 0.0414 e. The number of carbonyl (C=O) groups is 2. The van der Waals surface area contributed by atoms with Crippen LogP contribution in [-0.2, 0) is 9.59 Å². The highest BCUT2D eigenvalue weighted by Gasteiger charge is 1.93. The fourth-order valence-corrected chi connectivity index (χ4v) is 4.68. The van der Waals surface area contributed by atoms with Gasteiger partial charge in [-0.15, -0.1) is 0 Å². The van der Waals surface area contributed by atoms with Crippen molar-refractivity contribution in [1.29, 1.82) is 0 Å². The van der Waals surface area contributed by atoms with Crippen molar-refractivity contribution in [1.82, 2.24) is 0 Å². The molecule has 0 atom stereocenters. The van der Waals surface area contributed by atoms with Gasteiger partial charge in [-0.2, -0.15) is 0 Å². The molecule has 236 valence electrons. The lowest BCUT2D eigenvalue weighted by Gasteiger charge is -2.01. The Kier molecular flexibility index (Phi) is 37.9. The van der Waals surface area contributed by atoms with Crippen molar-refractivity contribution in [3.63, 3.8) is 0 Å². The molecule has 0 aliphatic carbocycles. The number of carboxylic acid groups (broad SMARTS) is 2. The van der Waals surface area contributed by atoms with E-state index in [0.29, 0.717) is 0 Å².